The number of hydrogen-bond acceptors (Lipinski definition) is 5. The molecule has 1 aromatic carbocycles. The van der Waals surface area contributed by atoms with Crippen LogP contribution in [0.3, 0.4) is 0 Å². The second-order valence-corrected chi connectivity index (χ2v) is 7.94. The van der Waals surface area contributed by atoms with Crippen LogP contribution in [-0.2, 0) is 9.84 Å². The Kier molecular flexibility index (Phi) is 3.03. The lowest BCUT2D eigenvalue weighted by Gasteiger charge is -2.11. The number of rotatable bonds is 3. The van der Waals surface area contributed by atoms with Crippen LogP contribution in [0, 0.1) is 17.2 Å². The van der Waals surface area contributed by atoms with Gasteiger partial charge in [-0.15, -0.1) is 5.10 Å². The van der Waals surface area contributed by atoms with Gasteiger partial charge in [0.15, 0.2) is 12.0 Å². The van der Waals surface area contributed by atoms with Crippen LogP contribution >= 0.6 is 0 Å². The fourth-order valence-corrected chi connectivity index (χ4v) is 4.67. The molecule has 0 bridgehead atoms. The summed E-state index contributed by atoms with van der Waals surface area (Å²) in [4.78, 5) is 3.93. The van der Waals surface area contributed by atoms with E-state index < -0.39 is 27.2 Å². The molecule has 0 spiro atoms. The van der Waals surface area contributed by atoms with E-state index in [0.29, 0.717) is 6.42 Å². The topological polar surface area (TPSA) is 88.6 Å². The Morgan fingerprint density at radius 3 is 2.65 bits per heavy atom. The molecule has 0 N–H and O–H groups in total. The average molecular weight is 332 g/mol. The van der Waals surface area contributed by atoms with Gasteiger partial charge >= 0.3 is 0 Å². The smallest absolute Gasteiger partial charge is 0.239 e. The fraction of sp³-hybridized carbons (Fsp3) is 0.400. The van der Waals surface area contributed by atoms with Gasteiger partial charge in [0.05, 0.1) is 23.3 Å². The van der Waals surface area contributed by atoms with Gasteiger partial charge in [-0.05, 0) is 12.0 Å². The number of sulfone groups is 1. The highest BCUT2D eigenvalue weighted by atomic mass is 32.2. The minimum Gasteiger partial charge on any atom is -0.239 e. The van der Waals surface area contributed by atoms with Gasteiger partial charge in [-0.2, -0.15) is 10.2 Å². The van der Waals surface area contributed by atoms with Crippen molar-refractivity contribution >= 4 is 9.84 Å². The first-order chi connectivity index (χ1) is 11.0. The molecule has 1 aromatic heterocycles. The third-order valence-corrected chi connectivity index (χ3v) is 6.38. The lowest BCUT2D eigenvalue weighted by atomic mass is 10.0. The van der Waals surface area contributed by atoms with Crippen LogP contribution in [0.1, 0.15) is 36.4 Å². The second-order valence-electron chi connectivity index (χ2n) is 5.88. The van der Waals surface area contributed by atoms with Crippen LogP contribution in [0.25, 0.3) is 0 Å². The summed E-state index contributed by atoms with van der Waals surface area (Å²) in [5, 5.41) is 11.8. The van der Waals surface area contributed by atoms with Gasteiger partial charge in [0.1, 0.15) is 0 Å². The summed E-state index contributed by atoms with van der Waals surface area (Å²) in [5.74, 6) is -0.462. The van der Waals surface area contributed by atoms with Crippen LogP contribution in [0.5, 0.6) is 0 Å². The first-order valence-corrected chi connectivity index (χ1v) is 8.86. The molecule has 1 fully saturated rings. The maximum Gasteiger partial charge on any atom is 0.267 e. The normalized spacial score (nSPS) is 29.0. The summed E-state index contributed by atoms with van der Waals surface area (Å²) in [6.07, 6.45) is -0.851. The van der Waals surface area contributed by atoms with E-state index in [2.05, 4.69) is 10.1 Å². The number of nitrogens with zero attached hydrogens (tertiary/aromatic N) is 4. The SMILES string of the molecule is N#C[C@H]1CC1S(=O)(=O)c1nc2n(n1)[C@H](c1ccccc1)C[C@@H]2F. The van der Waals surface area contributed by atoms with E-state index in [1.165, 1.54) is 4.68 Å². The largest absolute Gasteiger partial charge is 0.267 e. The third kappa shape index (κ3) is 2.15. The molecule has 1 aliphatic heterocycles. The highest BCUT2D eigenvalue weighted by Crippen LogP contribution is 2.42. The second kappa shape index (κ2) is 4.86. The number of benzene rings is 1. The summed E-state index contributed by atoms with van der Waals surface area (Å²) >= 11 is 0. The van der Waals surface area contributed by atoms with E-state index in [-0.39, 0.29) is 23.4 Å². The number of halogens is 1. The predicted molar refractivity (Wildman–Crippen MR) is 77.8 cm³/mol. The molecule has 0 radical (unpaired) electrons. The van der Waals surface area contributed by atoms with Crippen molar-refractivity contribution in [2.24, 2.45) is 5.92 Å². The maximum absolute atomic E-state index is 14.2. The van der Waals surface area contributed by atoms with Crippen LogP contribution in [0.15, 0.2) is 35.5 Å². The van der Waals surface area contributed by atoms with Crippen molar-refractivity contribution in [1.29, 1.82) is 5.26 Å². The first-order valence-electron chi connectivity index (χ1n) is 7.31. The lowest BCUT2D eigenvalue weighted by Crippen LogP contribution is -2.13. The van der Waals surface area contributed by atoms with E-state index in [4.69, 9.17) is 5.26 Å². The van der Waals surface area contributed by atoms with Gasteiger partial charge < -0.3 is 0 Å². The Balaban J connectivity index is 1.73. The number of alkyl halides is 1. The number of hydrogen-bond donors (Lipinski definition) is 0. The summed E-state index contributed by atoms with van der Waals surface area (Å²) < 4.78 is 40.4. The standard InChI is InChI=1S/C15H13FN4O2S/c16-11-7-12(9-4-2-1-3-5-9)20-14(11)18-15(19-20)23(21,22)13-6-10(13)8-17/h1-5,10-13H,6-7H2/t10-,11+,12+,13?/m1/s1. The van der Waals surface area contributed by atoms with Crippen molar-refractivity contribution in [3.63, 3.8) is 0 Å². The van der Waals surface area contributed by atoms with Crippen molar-refractivity contribution in [3.8, 4) is 6.07 Å². The molecule has 8 heteroatoms. The molecule has 23 heavy (non-hydrogen) atoms. The van der Waals surface area contributed by atoms with E-state index >= 15 is 0 Å². The van der Waals surface area contributed by atoms with Crippen LogP contribution in [-0.4, -0.2) is 28.4 Å². The molecule has 118 valence electrons. The van der Waals surface area contributed by atoms with E-state index in [0.717, 1.165) is 5.56 Å². The van der Waals surface area contributed by atoms with E-state index in [1.807, 2.05) is 36.4 Å². The van der Waals surface area contributed by atoms with Gasteiger partial charge in [-0.3, -0.25) is 0 Å². The molecule has 2 aliphatic rings. The molecule has 1 saturated carbocycles. The van der Waals surface area contributed by atoms with Gasteiger partial charge in [-0.1, -0.05) is 30.3 Å². The van der Waals surface area contributed by atoms with Crippen LogP contribution in [0.4, 0.5) is 4.39 Å². The number of aromatic nitrogens is 3. The van der Waals surface area contributed by atoms with Gasteiger partial charge in [0, 0.05) is 6.42 Å². The zero-order valence-corrected chi connectivity index (χ0v) is 12.8. The zero-order chi connectivity index (χ0) is 16.2. The van der Waals surface area contributed by atoms with Gasteiger partial charge in [0.25, 0.3) is 5.16 Å². The van der Waals surface area contributed by atoms with Crippen LogP contribution < -0.4 is 0 Å². The van der Waals surface area contributed by atoms with Crippen molar-refractivity contribution in [1.82, 2.24) is 14.8 Å². The monoisotopic (exact) mass is 332 g/mol. The molecule has 0 amide bonds. The summed E-state index contributed by atoms with van der Waals surface area (Å²) in [5.41, 5.74) is 0.865. The highest BCUT2D eigenvalue weighted by molar-refractivity contribution is 7.92. The molecule has 4 atom stereocenters. The molecule has 2 heterocycles. The summed E-state index contributed by atoms with van der Waals surface area (Å²) in [7, 11) is -3.77. The minimum absolute atomic E-state index is 0.0478. The summed E-state index contributed by atoms with van der Waals surface area (Å²) in [6, 6.07) is 10.8. The first kappa shape index (κ1) is 14.3. The van der Waals surface area contributed by atoms with Crippen molar-refractivity contribution < 1.29 is 12.8 Å². The van der Waals surface area contributed by atoms with E-state index in [9.17, 15) is 12.8 Å². The Labute approximate surface area is 132 Å². The molecular formula is C15H13FN4O2S. The molecule has 2 aromatic rings. The van der Waals surface area contributed by atoms with Gasteiger partial charge in [0.2, 0.25) is 9.84 Å². The molecule has 0 saturated heterocycles. The van der Waals surface area contributed by atoms with Crippen molar-refractivity contribution in [2.45, 2.75) is 35.5 Å². The van der Waals surface area contributed by atoms with E-state index in [1.54, 1.807) is 0 Å². The van der Waals surface area contributed by atoms with Crippen molar-refractivity contribution in [2.75, 3.05) is 0 Å². The third-order valence-electron chi connectivity index (χ3n) is 4.38. The fourth-order valence-electron chi connectivity index (χ4n) is 3.02. The van der Waals surface area contributed by atoms with Crippen molar-refractivity contribution in [3.05, 3.63) is 41.7 Å². The Bertz CT molecular complexity index is 903. The number of fused-ring (bicyclic) bond motifs is 1. The molecule has 4 rings (SSSR count). The Morgan fingerprint density at radius 2 is 2.00 bits per heavy atom. The molecule has 6 nitrogen and oxygen atoms in total. The lowest BCUT2D eigenvalue weighted by molar-refractivity contribution is 0.326. The number of nitriles is 1. The highest BCUT2D eigenvalue weighted by Gasteiger charge is 2.51. The minimum atomic E-state index is -3.77. The molecular weight excluding hydrogens is 319 g/mol. The molecule has 1 aliphatic carbocycles. The predicted octanol–water partition coefficient (Wildman–Crippen LogP) is 1.97. The Morgan fingerprint density at radius 1 is 1.26 bits per heavy atom. The molecule has 1 unspecified atom stereocenters. The van der Waals surface area contributed by atoms with Crippen LogP contribution in [0.2, 0.25) is 0 Å². The zero-order valence-electron chi connectivity index (χ0n) is 12.0. The quantitative estimate of drug-likeness (QED) is 0.857. The average Bonchev–Trinajstić information content (AvgIpc) is 3.13. The Hall–Kier alpha value is -2.27. The maximum atomic E-state index is 14.2. The summed E-state index contributed by atoms with van der Waals surface area (Å²) in [6.45, 7) is 0. The van der Waals surface area contributed by atoms with Gasteiger partial charge in [-0.25, -0.2) is 17.5 Å².